The van der Waals surface area contributed by atoms with Gasteiger partial charge in [-0.2, -0.15) is 0 Å². The Labute approximate surface area is 122 Å². The van der Waals surface area contributed by atoms with E-state index in [2.05, 4.69) is 25.5 Å². The molecule has 0 aliphatic carbocycles. The Hall–Kier alpha value is -1.27. The van der Waals surface area contributed by atoms with Crippen LogP contribution in [0.3, 0.4) is 0 Å². The molecule has 20 heavy (non-hydrogen) atoms. The van der Waals surface area contributed by atoms with Gasteiger partial charge in [0.25, 0.3) is 0 Å². The molecule has 0 radical (unpaired) electrons. The van der Waals surface area contributed by atoms with Crippen LogP contribution < -0.4 is 15.4 Å². The molecule has 3 N–H and O–H groups in total. The van der Waals surface area contributed by atoms with Gasteiger partial charge in [0, 0.05) is 13.1 Å². The first-order valence-electron chi connectivity index (χ1n) is 6.75. The largest absolute Gasteiger partial charge is 0.397 e. The first-order valence-corrected chi connectivity index (χ1v) is 8.23. The molecule has 0 saturated carbocycles. The quantitative estimate of drug-likeness (QED) is 0.788. The summed E-state index contributed by atoms with van der Waals surface area (Å²) in [7, 11) is -0.114. The summed E-state index contributed by atoms with van der Waals surface area (Å²) in [6.45, 7) is 6.43. The number of sulfonamides is 1. The van der Waals surface area contributed by atoms with E-state index in [0.29, 0.717) is 11.6 Å². The van der Waals surface area contributed by atoms with E-state index in [1.165, 1.54) is 13.1 Å². The molecule has 114 valence electrons. The summed E-state index contributed by atoms with van der Waals surface area (Å²) >= 11 is 0. The van der Waals surface area contributed by atoms with Crippen molar-refractivity contribution in [3.63, 3.8) is 0 Å². The Kier molecular flexibility index (Phi) is 5.42. The normalized spacial score (nSPS) is 13.5. The van der Waals surface area contributed by atoms with Crippen LogP contribution in [0.1, 0.15) is 27.2 Å². The van der Waals surface area contributed by atoms with Crippen LogP contribution in [0.25, 0.3) is 0 Å². The second-order valence-electron chi connectivity index (χ2n) is 5.52. The number of anilines is 2. The van der Waals surface area contributed by atoms with E-state index in [1.807, 2.05) is 11.9 Å². The average molecular weight is 299 g/mol. The molecule has 0 bridgehead atoms. The SMILES string of the molecule is CNS(=O)(=O)c1ccc(N)c(N(C)C(C)CC(C)C)c1. The molecule has 0 spiro atoms. The van der Waals surface area contributed by atoms with Crippen molar-refractivity contribution in [2.45, 2.75) is 38.1 Å². The maximum Gasteiger partial charge on any atom is 0.240 e. The van der Waals surface area contributed by atoms with E-state index in [1.54, 1.807) is 12.1 Å². The Balaban J connectivity index is 3.15. The molecular formula is C14H25N3O2S. The summed E-state index contributed by atoms with van der Waals surface area (Å²) in [5.41, 5.74) is 7.31. The predicted molar refractivity (Wildman–Crippen MR) is 84.4 cm³/mol. The molecule has 1 unspecified atom stereocenters. The Bertz CT molecular complexity index is 556. The summed E-state index contributed by atoms with van der Waals surface area (Å²) < 4.78 is 26.0. The number of nitrogens with zero attached hydrogens (tertiary/aromatic N) is 1. The maximum absolute atomic E-state index is 11.9. The number of rotatable bonds is 6. The van der Waals surface area contributed by atoms with Gasteiger partial charge in [0.2, 0.25) is 10.0 Å². The van der Waals surface area contributed by atoms with Crippen LogP contribution in [0, 0.1) is 5.92 Å². The Morgan fingerprint density at radius 3 is 2.40 bits per heavy atom. The van der Waals surface area contributed by atoms with Gasteiger partial charge < -0.3 is 10.6 Å². The molecule has 1 atom stereocenters. The first-order chi connectivity index (χ1) is 9.19. The third kappa shape index (κ3) is 3.86. The summed E-state index contributed by atoms with van der Waals surface area (Å²) in [5, 5.41) is 0. The molecule has 0 amide bonds. The van der Waals surface area contributed by atoms with Gasteiger partial charge in [0.15, 0.2) is 0 Å². The van der Waals surface area contributed by atoms with Crippen LogP contribution in [0.5, 0.6) is 0 Å². The van der Waals surface area contributed by atoms with Crippen LogP contribution in [0.15, 0.2) is 23.1 Å². The molecule has 0 aliphatic rings. The highest BCUT2D eigenvalue weighted by Gasteiger charge is 2.18. The molecule has 0 fully saturated rings. The monoisotopic (exact) mass is 299 g/mol. The fraction of sp³-hybridized carbons (Fsp3) is 0.571. The molecule has 0 heterocycles. The van der Waals surface area contributed by atoms with E-state index in [4.69, 9.17) is 5.73 Å². The van der Waals surface area contributed by atoms with Gasteiger partial charge in [-0.05, 0) is 44.5 Å². The smallest absolute Gasteiger partial charge is 0.240 e. The van der Waals surface area contributed by atoms with Crippen molar-refractivity contribution < 1.29 is 8.42 Å². The number of benzene rings is 1. The van der Waals surface area contributed by atoms with E-state index < -0.39 is 10.0 Å². The zero-order valence-corrected chi connectivity index (χ0v) is 13.7. The average Bonchev–Trinajstić information content (AvgIpc) is 2.37. The summed E-state index contributed by atoms with van der Waals surface area (Å²) in [6.07, 6.45) is 1.01. The lowest BCUT2D eigenvalue weighted by Crippen LogP contribution is -2.31. The van der Waals surface area contributed by atoms with Gasteiger partial charge in [-0.15, -0.1) is 0 Å². The van der Waals surface area contributed by atoms with Gasteiger partial charge in [-0.25, -0.2) is 13.1 Å². The maximum atomic E-state index is 11.9. The van der Waals surface area contributed by atoms with Crippen LogP contribution in [0.4, 0.5) is 11.4 Å². The standard InChI is InChI=1S/C14H25N3O2S/c1-10(2)8-11(3)17(5)14-9-12(6-7-13(14)15)20(18,19)16-4/h6-7,9-11,16H,8,15H2,1-5H3. The molecular weight excluding hydrogens is 274 g/mol. The molecule has 1 aromatic carbocycles. The Morgan fingerprint density at radius 1 is 1.30 bits per heavy atom. The third-order valence-electron chi connectivity index (χ3n) is 3.43. The number of nitrogens with one attached hydrogen (secondary N) is 1. The van der Waals surface area contributed by atoms with Crippen LogP contribution in [0.2, 0.25) is 0 Å². The van der Waals surface area contributed by atoms with Gasteiger partial charge in [-0.1, -0.05) is 13.8 Å². The summed E-state index contributed by atoms with van der Waals surface area (Å²) in [5.74, 6) is 0.567. The number of hydrogen-bond acceptors (Lipinski definition) is 4. The Morgan fingerprint density at radius 2 is 1.90 bits per heavy atom. The minimum Gasteiger partial charge on any atom is -0.397 e. The fourth-order valence-corrected chi connectivity index (χ4v) is 2.94. The molecule has 1 rings (SSSR count). The topological polar surface area (TPSA) is 75.4 Å². The van der Waals surface area contributed by atoms with Gasteiger partial charge in [0.1, 0.15) is 0 Å². The molecule has 0 aromatic heterocycles. The lowest BCUT2D eigenvalue weighted by molar-refractivity contribution is 0.504. The van der Waals surface area contributed by atoms with E-state index >= 15 is 0 Å². The van der Waals surface area contributed by atoms with Crippen molar-refractivity contribution in [1.29, 1.82) is 0 Å². The third-order valence-corrected chi connectivity index (χ3v) is 4.85. The van der Waals surface area contributed by atoms with Crippen molar-refractivity contribution >= 4 is 21.4 Å². The lowest BCUT2D eigenvalue weighted by atomic mass is 10.0. The van der Waals surface area contributed by atoms with Crippen molar-refractivity contribution in [3.8, 4) is 0 Å². The number of hydrogen-bond donors (Lipinski definition) is 2. The highest BCUT2D eigenvalue weighted by atomic mass is 32.2. The van der Waals surface area contributed by atoms with Gasteiger partial charge >= 0.3 is 0 Å². The molecule has 0 saturated heterocycles. The van der Waals surface area contributed by atoms with Crippen LogP contribution in [-0.2, 0) is 10.0 Å². The second-order valence-corrected chi connectivity index (χ2v) is 7.40. The highest BCUT2D eigenvalue weighted by Crippen LogP contribution is 2.28. The minimum atomic E-state index is -3.45. The zero-order valence-electron chi connectivity index (χ0n) is 12.8. The molecule has 5 nitrogen and oxygen atoms in total. The van der Waals surface area contributed by atoms with Crippen LogP contribution in [-0.4, -0.2) is 28.6 Å². The van der Waals surface area contributed by atoms with E-state index in [0.717, 1.165) is 12.1 Å². The van der Waals surface area contributed by atoms with Gasteiger partial charge in [-0.3, -0.25) is 0 Å². The molecule has 6 heteroatoms. The fourth-order valence-electron chi connectivity index (χ4n) is 2.19. The van der Waals surface area contributed by atoms with Gasteiger partial charge in [0.05, 0.1) is 16.3 Å². The first kappa shape index (κ1) is 16.8. The predicted octanol–water partition coefficient (Wildman–Crippen LogP) is 2.05. The zero-order chi connectivity index (χ0) is 15.5. The second kappa shape index (κ2) is 6.45. The molecule has 0 aliphatic heterocycles. The van der Waals surface area contributed by atoms with Crippen molar-refractivity contribution in [3.05, 3.63) is 18.2 Å². The molecule has 1 aromatic rings. The van der Waals surface area contributed by atoms with E-state index in [-0.39, 0.29) is 10.9 Å². The van der Waals surface area contributed by atoms with Crippen molar-refractivity contribution in [1.82, 2.24) is 4.72 Å². The van der Waals surface area contributed by atoms with Crippen LogP contribution >= 0.6 is 0 Å². The summed E-state index contributed by atoms with van der Waals surface area (Å²) in [6, 6.07) is 5.06. The van der Waals surface area contributed by atoms with E-state index in [9.17, 15) is 8.42 Å². The van der Waals surface area contributed by atoms with Crippen molar-refractivity contribution in [2.75, 3.05) is 24.7 Å². The summed E-state index contributed by atoms with van der Waals surface area (Å²) in [4.78, 5) is 2.26. The highest BCUT2D eigenvalue weighted by molar-refractivity contribution is 7.89. The number of nitrogens with two attached hydrogens (primary N) is 1. The minimum absolute atomic E-state index is 0.229. The number of nitrogen functional groups attached to an aromatic ring is 1. The lowest BCUT2D eigenvalue weighted by Gasteiger charge is -2.29. The van der Waals surface area contributed by atoms with Crippen molar-refractivity contribution in [2.24, 2.45) is 5.92 Å².